The number of benzene rings is 1. The number of aryl methyl sites for hydroxylation is 1. The van der Waals surface area contributed by atoms with Crippen LogP contribution in [0.1, 0.15) is 11.1 Å². The molecule has 0 atom stereocenters. The van der Waals surface area contributed by atoms with Crippen molar-refractivity contribution in [3.63, 3.8) is 0 Å². The van der Waals surface area contributed by atoms with Gasteiger partial charge in [0.2, 0.25) is 0 Å². The Hall–Kier alpha value is -2.56. The van der Waals surface area contributed by atoms with Gasteiger partial charge in [0.05, 0.1) is 0 Å². The Bertz CT molecular complexity index is 582. The molecule has 0 aliphatic heterocycles. The van der Waals surface area contributed by atoms with Crippen LogP contribution in [0.3, 0.4) is 0 Å². The van der Waals surface area contributed by atoms with Gasteiger partial charge in [-0.25, -0.2) is 0 Å². The van der Waals surface area contributed by atoms with Crippen LogP contribution < -0.4 is 15.8 Å². The molecule has 1 aromatic carbocycles. The summed E-state index contributed by atoms with van der Waals surface area (Å²) in [5, 5.41) is 3.31. The smallest absolute Gasteiger partial charge is 0.255 e. The van der Waals surface area contributed by atoms with Crippen LogP contribution in [-0.4, -0.2) is 17.5 Å². The average Bonchev–Trinajstić information content (AvgIpc) is 2.45. The number of hydrogen-bond acceptors (Lipinski definition) is 4. The predicted molar refractivity (Wildman–Crippen MR) is 77.4 cm³/mol. The molecule has 1 amide bonds. The van der Waals surface area contributed by atoms with Crippen LogP contribution in [0.25, 0.3) is 0 Å². The Morgan fingerprint density at radius 3 is 2.70 bits per heavy atom. The van der Waals surface area contributed by atoms with Crippen molar-refractivity contribution in [1.29, 1.82) is 0 Å². The molecule has 0 aliphatic carbocycles. The fourth-order valence-corrected chi connectivity index (χ4v) is 1.70. The van der Waals surface area contributed by atoms with E-state index in [-0.39, 0.29) is 6.61 Å². The second kappa shape index (κ2) is 6.56. The standard InChI is InChI=1S/C15H17N3O2/c1-11-6-7-17-8-12(11)9-18-13-2-4-14(5-3-13)20-10-15(16)19/h2-8,18H,9-10H2,1H3,(H2,16,19). The maximum atomic E-state index is 10.6. The lowest BCUT2D eigenvalue weighted by atomic mass is 10.1. The van der Waals surface area contributed by atoms with Gasteiger partial charge in [-0.2, -0.15) is 0 Å². The van der Waals surface area contributed by atoms with E-state index in [0.717, 1.165) is 11.3 Å². The molecule has 0 spiro atoms. The molecule has 2 rings (SSSR count). The molecule has 20 heavy (non-hydrogen) atoms. The number of carbonyl (C=O) groups is 1. The summed E-state index contributed by atoms with van der Waals surface area (Å²) >= 11 is 0. The van der Waals surface area contributed by atoms with Crippen molar-refractivity contribution in [2.75, 3.05) is 11.9 Å². The van der Waals surface area contributed by atoms with Gasteiger partial charge < -0.3 is 15.8 Å². The normalized spacial score (nSPS) is 10.1. The average molecular weight is 271 g/mol. The number of nitrogens with one attached hydrogen (secondary N) is 1. The van der Waals surface area contributed by atoms with Crippen molar-refractivity contribution in [2.45, 2.75) is 13.5 Å². The zero-order valence-corrected chi connectivity index (χ0v) is 11.3. The molecule has 0 saturated carbocycles. The molecule has 5 nitrogen and oxygen atoms in total. The molecule has 0 radical (unpaired) electrons. The van der Waals surface area contributed by atoms with Crippen LogP contribution >= 0.6 is 0 Å². The van der Waals surface area contributed by atoms with Gasteiger partial charge in [-0.05, 0) is 48.4 Å². The van der Waals surface area contributed by atoms with Gasteiger partial charge in [0.25, 0.3) is 5.91 Å². The number of nitrogens with two attached hydrogens (primary N) is 1. The third kappa shape index (κ3) is 3.98. The van der Waals surface area contributed by atoms with E-state index < -0.39 is 5.91 Å². The van der Waals surface area contributed by atoms with Crippen molar-refractivity contribution in [1.82, 2.24) is 4.98 Å². The van der Waals surface area contributed by atoms with Crippen LogP contribution in [-0.2, 0) is 11.3 Å². The number of aromatic nitrogens is 1. The monoisotopic (exact) mass is 271 g/mol. The van der Waals surface area contributed by atoms with E-state index in [0.29, 0.717) is 12.3 Å². The van der Waals surface area contributed by atoms with Gasteiger partial charge in [0.1, 0.15) is 5.75 Å². The van der Waals surface area contributed by atoms with E-state index in [1.807, 2.05) is 24.4 Å². The molecule has 0 aliphatic rings. The summed E-state index contributed by atoms with van der Waals surface area (Å²) in [6.07, 6.45) is 3.64. The summed E-state index contributed by atoms with van der Waals surface area (Å²) in [5.74, 6) is 0.131. The molecule has 1 heterocycles. The number of rotatable bonds is 6. The van der Waals surface area contributed by atoms with E-state index >= 15 is 0 Å². The minimum absolute atomic E-state index is 0.109. The van der Waals surface area contributed by atoms with E-state index in [4.69, 9.17) is 10.5 Å². The number of ether oxygens (including phenoxy) is 1. The predicted octanol–water partition coefficient (Wildman–Crippen LogP) is 1.87. The topological polar surface area (TPSA) is 77.2 Å². The molecule has 0 bridgehead atoms. The molecule has 5 heteroatoms. The largest absolute Gasteiger partial charge is 0.484 e. The quantitative estimate of drug-likeness (QED) is 0.840. The first-order chi connectivity index (χ1) is 9.65. The second-order valence-electron chi connectivity index (χ2n) is 4.44. The Kier molecular flexibility index (Phi) is 4.55. The fraction of sp³-hybridized carbons (Fsp3) is 0.200. The maximum Gasteiger partial charge on any atom is 0.255 e. The van der Waals surface area contributed by atoms with E-state index in [9.17, 15) is 4.79 Å². The van der Waals surface area contributed by atoms with Crippen LogP contribution in [0, 0.1) is 6.92 Å². The molecule has 1 aromatic heterocycles. The van der Waals surface area contributed by atoms with Crippen molar-refractivity contribution in [3.8, 4) is 5.75 Å². The third-order valence-electron chi connectivity index (χ3n) is 2.87. The number of carbonyl (C=O) groups excluding carboxylic acids is 1. The highest BCUT2D eigenvalue weighted by molar-refractivity contribution is 5.75. The van der Waals surface area contributed by atoms with Crippen LogP contribution in [0.2, 0.25) is 0 Å². The fourth-order valence-electron chi connectivity index (χ4n) is 1.70. The molecule has 0 unspecified atom stereocenters. The summed E-state index contributed by atoms with van der Waals surface area (Å²) in [7, 11) is 0. The second-order valence-corrected chi connectivity index (χ2v) is 4.44. The van der Waals surface area contributed by atoms with Crippen LogP contribution in [0.4, 0.5) is 5.69 Å². The lowest BCUT2D eigenvalue weighted by Gasteiger charge is -2.09. The number of primary amides is 1. The molecule has 0 saturated heterocycles. The molecular formula is C15H17N3O2. The summed E-state index contributed by atoms with van der Waals surface area (Å²) in [6, 6.07) is 9.35. The van der Waals surface area contributed by atoms with Gasteiger partial charge in [-0.3, -0.25) is 9.78 Å². The van der Waals surface area contributed by atoms with Gasteiger partial charge in [0.15, 0.2) is 6.61 Å². The minimum atomic E-state index is -0.487. The molecule has 0 fully saturated rings. The van der Waals surface area contributed by atoms with Crippen LogP contribution in [0.15, 0.2) is 42.7 Å². The Morgan fingerprint density at radius 2 is 2.05 bits per heavy atom. The number of nitrogens with zero attached hydrogens (tertiary/aromatic N) is 1. The summed E-state index contributed by atoms with van der Waals surface area (Å²) in [6.45, 7) is 2.66. The highest BCUT2D eigenvalue weighted by Crippen LogP contribution is 2.16. The first-order valence-corrected chi connectivity index (χ1v) is 6.29. The van der Waals surface area contributed by atoms with Crippen LogP contribution in [0.5, 0.6) is 5.75 Å². The first-order valence-electron chi connectivity index (χ1n) is 6.29. The zero-order chi connectivity index (χ0) is 14.4. The number of anilines is 1. The number of amides is 1. The van der Waals surface area contributed by atoms with Gasteiger partial charge in [0, 0.05) is 24.6 Å². The van der Waals surface area contributed by atoms with Crippen molar-refractivity contribution in [2.24, 2.45) is 5.73 Å². The van der Waals surface area contributed by atoms with E-state index in [2.05, 4.69) is 17.2 Å². The Balaban J connectivity index is 1.91. The summed E-state index contributed by atoms with van der Waals surface area (Å²) < 4.78 is 5.19. The van der Waals surface area contributed by atoms with Crippen molar-refractivity contribution >= 4 is 11.6 Å². The van der Waals surface area contributed by atoms with Gasteiger partial charge in [-0.1, -0.05) is 0 Å². The van der Waals surface area contributed by atoms with Gasteiger partial charge in [-0.15, -0.1) is 0 Å². The molecular weight excluding hydrogens is 254 g/mol. The summed E-state index contributed by atoms with van der Waals surface area (Å²) in [4.78, 5) is 14.7. The van der Waals surface area contributed by atoms with Crippen molar-refractivity contribution in [3.05, 3.63) is 53.9 Å². The zero-order valence-electron chi connectivity index (χ0n) is 11.3. The Labute approximate surface area is 117 Å². The summed E-state index contributed by atoms with van der Waals surface area (Å²) in [5.41, 5.74) is 8.34. The molecule has 3 N–H and O–H groups in total. The minimum Gasteiger partial charge on any atom is -0.484 e. The molecule has 2 aromatic rings. The SMILES string of the molecule is Cc1ccncc1CNc1ccc(OCC(N)=O)cc1. The maximum absolute atomic E-state index is 10.6. The highest BCUT2D eigenvalue weighted by Gasteiger charge is 2.00. The lowest BCUT2D eigenvalue weighted by Crippen LogP contribution is -2.19. The van der Waals surface area contributed by atoms with E-state index in [1.54, 1.807) is 18.3 Å². The third-order valence-corrected chi connectivity index (χ3v) is 2.87. The number of pyridine rings is 1. The first kappa shape index (κ1) is 13.9. The van der Waals surface area contributed by atoms with Gasteiger partial charge >= 0.3 is 0 Å². The van der Waals surface area contributed by atoms with Crippen molar-refractivity contribution < 1.29 is 9.53 Å². The Morgan fingerprint density at radius 1 is 1.30 bits per heavy atom. The molecule has 104 valence electrons. The lowest BCUT2D eigenvalue weighted by molar-refractivity contribution is -0.119. The number of hydrogen-bond donors (Lipinski definition) is 2. The van der Waals surface area contributed by atoms with E-state index in [1.165, 1.54) is 5.56 Å². The highest BCUT2D eigenvalue weighted by atomic mass is 16.5.